The molecule has 0 saturated heterocycles. The molecule has 0 unspecified atom stereocenters. The van der Waals surface area contributed by atoms with Crippen LogP contribution in [0.4, 0.5) is 0 Å². The van der Waals surface area contributed by atoms with Crippen molar-refractivity contribution >= 4 is 12.1 Å². The van der Waals surface area contributed by atoms with Crippen LogP contribution >= 0.6 is 0 Å². The van der Waals surface area contributed by atoms with Gasteiger partial charge in [0.2, 0.25) is 0 Å². The van der Waals surface area contributed by atoms with Crippen LogP contribution in [-0.2, 0) is 6.54 Å². The monoisotopic (exact) mass is 403 g/mol. The zero-order chi connectivity index (χ0) is 21.5. The number of carbonyl (C=O) groups is 1. The van der Waals surface area contributed by atoms with Gasteiger partial charge in [-0.3, -0.25) is 9.59 Å². The van der Waals surface area contributed by atoms with Crippen LogP contribution in [0, 0.1) is 6.92 Å². The zero-order valence-corrected chi connectivity index (χ0v) is 17.3. The molecule has 154 valence electrons. The molecule has 0 aliphatic carbocycles. The second-order valence-electron chi connectivity index (χ2n) is 7.28. The molecule has 3 aromatic rings. The van der Waals surface area contributed by atoms with E-state index in [4.69, 9.17) is 4.74 Å². The average Bonchev–Trinajstić information content (AvgIpc) is 2.70. The molecule has 0 fully saturated rings. The Morgan fingerprint density at radius 2 is 1.90 bits per heavy atom. The molecule has 0 saturated carbocycles. The summed E-state index contributed by atoms with van der Waals surface area (Å²) in [7, 11) is 0. The highest BCUT2D eigenvalue weighted by Gasteiger charge is 2.11. The Labute approximate surface area is 175 Å². The lowest BCUT2D eigenvalue weighted by molar-refractivity contribution is 0.0953. The Hall–Kier alpha value is -3.67. The average molecular weight is 403 g/mol. The summed E-state index contributed by atoms with van der Waals surface area (Å²) in [5, 5.41) is 3.96. The molecule has 6 heteroatoms. The minimum atomic E-state index is -0.547. The van der Waals surface area contributed by atoms with Crippen LogP contribution in [0.25, 0.3) is 0 Å². The van der Waals surface area contributed by atoms with Crippen LogP contribution in [0.5, 0.6) is 5.75 Å². The number of nitrogens with one attached hydrogen (secondary N) is 1. The summed E-state index contributed by atoms with van der Waals surface area (Å²) in [5.41, 5.74) is 5.02. The largest absolute Gasteiger partial charge is 0.491 e. The van der Waals surface area contributed by atoms with Crippen molar-refractivity contribution in [3.05, 3.63) is 99.5 Å². The molecule has 1 heterocycles. The van der Waals surface area contributed by atoms with Crippen LogP contribution in [0.15, 0.2) is 76.8 Å². The SMILES string of the molecule is Cc1cccc(Cn2cccc(C(=O)N/N=C\c3ccc(OC(C)C)cc3)c2=O)c1. The number of amides is 1. The van der Waals surface area contributed by atoms with Crippen molar-refractivity contribution < 1.29 is 9.53 Å². The van der Waals surface area contributed by atoms with Crippen molar-refractivity contribution in [1.29, 1.82) is 0 Å². The summed E-state index contributed by atoms with van der Waals surface area (Å²) in [6.07, 6.45) is 3.29. The van der Waals surface area contributed by atoms with E-state index >= 15 is 0 Å². The van der Waals surface area contributed by atoms with Crippen molar-refractivity contribution in [2.75, 3.05) is 0 Å². The van der Waals surface area contributed by atoms with Gasteiger partial charge in [-0.25, -0.2) is 5.43 Å². The van der Waals surface area contributed by atoms with E-state index in [-0.39, 0.29) is 17.2 Å². The Morgan fingerprint density at radius 3 is 2.60 bits per heavy atom. The maximum Gasteiger partial charge on any atom is 0.276 e. The van der Waals surface area contributed by atoms with Gasteiger partial charge in [0.1, 0.15) is 11.3 Å². The van der Waals surface area contributed by atoms with Gasteiger partial charge in [-0.2, -0.15) is 5.10 Å². The maximum absolute atomic E-state index is 12.7. The fraction of sp³-hybridized carbons (Fsp3) is 0.208. The van der Waals surface area contributed by atoms with Gasteiger partial charge in [0, 0.05) is 6.20 Å². The van der Waals surface area contributed by atoms with Crippen molar-refractivity contribution in [2.24, 2.45) is 5.10 Å². The van der Waals surface area contributed by atoms with Crippen LogP contribution in [0.2, 0.25) is 0 Å². The van der Waals surface area contributed by atoms with E-state index in [1.165, 1.54) is 16.8 Å². The van der Waals surface area contributed by atoms with Crippen LogP contribution in [-0.4, -0.2) is 22.8 Å². The molecular formula is C24H25N3O3. The number of pyridine rings is 1. The molecule has 3 rings (SSSR count). The van der Waals surface area contributed by atoms with Gasteiger partial charge < -0.3 is 9.30 Å². The summed E-state index contributed by atoms with van der Waals surface area (Å²) in [6.45, 7) is 6.32. The number of carbonyl (C=O) groups excluding carboxylic acids is 1. The van der Waals surface area contributed by atoms with E-state index in [0.29, 0.717) is 6.54 Å². The van der Waals surface area contributed by atoms with Gasteiger partial charge >= 0.3 is 0 Å². The standard InChI is InChI=1S/C24H25N3O3/c1-17(2)30-21-11-9-19(10-12-21)15-25-26-23(28)22-8-5-13-27(24(22)29)16-20-7-4-6-18(3)14-20/h4-15,17H,16H2,1-3H3,(H,26,28)/b25-15-. The van der Waals surface area contributed by atoms with Gasteiger partial charge in [-0.1, -0.05) is 29.8 Å². The van der Waals surface area contributed by atoms with Gasteiger partial charge in [-0.15, -0.1) is 0 Å². The quantitative estimate of drug-likeness (QED) is 0.482. The second kappa shape index (κ2) is 9.69. The summed E-state index contributed by atoms with van der Waals surface area (Å²) < 4.78 is 7.11. The molecule has 0 bridgehead atoms. The topological polar surface area (TPSA) is 72.7 Å². The molecule has 30 heavy (non-hydrogen) atoms. The zero-order valence-electron chi connectivity index (χ0n) is 17.3. The summed E-state index contributed by atoms with van der Waals surface area (Å²) >= 11 is 0. The van der Waals surface area contributed by atoms with E-state index in [0.717, 1.165) is 22.4 Å². The summed E-state index contributed by atoms with van der Waals surface area (Å²) in [4.78, 5) is 25.1. The number of benzene rings is 2. The number of aryl methyl sites for hydroxylation is 1. The fourth-order valence-corrected chi connectivity index (χ4v) is 2.97. The number of hydrogen-bond acceptors (Lipinski definition) is 4. The Kier molecular flexibility index (Phi) is 6.80. The molecule has 0 spiro atoms. The Bertz CT molecular complexity index is 1100. The van der Waals surface area contributed by atoms with Gasteiger partial charge in [0.15, 0.2) is 0 Å². The third-order valence-electron chi connectivity index (χ3n) is 4.33. The third kappa shape index (κ3) is 5.67. The van der Waals surface area contributed by atoms with Crippen molar-refractivity contribution in [3.63, 3.8) is 0 Å². The highest BCUT2D eigenvalue weighted by molar-refractivity contribution is 5.94. The van der Waals surface area contributed by atoms with E-state index in [1.54, 1.807) is 12.3 Å². The van der Waals surface area contributed by atoms with Gasteiger partial charge in [0.25, 0.3) is 11.5 Å². The Balaban J connectivity index is 1.67. The molecule has 0 radical (unpaired) electrons. The molecular weight excluding hydrogens is 378 g/mol. The molecule has 2 aromatic carbocycles. The minimum absolute atomic E-state index is 0.0444. The Morgan fingerprint density at radius 1 is 1.13 bits per heavy atom. The van der Waals surface area contributed by atoms with Crippen molar-refractivity contribution in [1.82, 2.24) is 9.99 Å². The molecule has 0 atom stereocenters. The highest BCUT2D eigenvalue weighted by atomic mass is 16.5. The minimum Gasteiger partial charge on any atom is -0.491 e. The number of ether oxygens (including phenoxy) is 1. The first kappa shape index (κ1) is 21.0. The summed E-state index contributed by atoms with van der Waals surface area (Å²) in [6, 6.07) is 18.4. The lowest BCUT2D eigenvalue weighted by Crippen LogP contribution is -2.30. The predicted octanol–water partition coefficient (Wildman–Crippen LogP) is 3.76. The lowest BCUT2D eigenvalue weighted by atomic mass is 10.1. The normalized spacial score (nSPS) is 11.1. The second-order valence-corrected chi connectivity index (χ2v) is 7.28. The number of rotatable bonds is 7. The van der Waals surface area contributed by atoms with Crippen molar-refractivity contribution in [2.45, 2.75) is 33.4 Å². The van der Waals surface area contributed by atoms with Crippen LogP contribution < -0.4 is 15.7 Å². The van der Waals surface area contributed by atoms with Crippen LogP contribution in [0.1, 0.15) is 40.9 Å². The molecule has 0 aliphatic rings. The van der Waals surface area contributed by atoms with E-state index < -0.39 is 5.91 Å². The molecule has 6 nitrogen and oxygen atoms in total. The van der Waals surface area contributed by atoms with E-state index in [2.05, 4.69) is 10.5 Å². The van der Waals surface area contributed by atoms with E-state index in [9.17, 15) is 9.59 Å². The molecule has 1 amide bonds. The molecule has 0 aliphatic heterocycles. The number of nitrogens with zero attached hydrogens (tertiary/aromatic N) is 2. The van der Waals surface area contributed by atoms with E-state index in [1.807, 2.05) is 69.3 Å². The highest BCUT2D eigenvalue weighted by Crippen LogP contribution is 2.12. The number of hydrogen-bond donors (Lipinski definition) is 1. The molecule has 1 aromatic heterocycles. The van der Waals surface area contributed by atoms with Gasteiger partial charge in [0.05, 0.1) is 18.9 Å². The number of hydrazone groups is 1. The number of aromatic nitrogens is 1. The lowest BCUT2D eigenvalue weighted by Gasteiger charge is -2.09. The molecule has 1 N–H and O–H groups in total. The smallest absolute Gasteiger partial charge is 0.276 e. The first-order valence-corrected chi connectivity index (χ1v) is 9.77. The first-order chi connectivity index (χ1) is 14.4. The third-order valence-corrected chi connectivity index (χ3v) is 4.33. The summed E-state index contributed by atoms with van der Waals surface area (Å²) in [5.74, 6) is 0.222. The van der Waals surface area contributed by atoms with Gasteiger partial charge in [-0.05, 0) is 68.3 Å². The maximum atomic E-state index is 12.7. The van der Waals surface area contributed by atoms with Crippen molar-refractivity contribution in [3.8, 4) is 5.75 Å². The first-order valence-electron chi connectivity index (χ1n) is 9.77. The fourth-order valence-electron chi connectivity index (χ4n) is 2.97. The van der Waals surface area contributed by atoms with Crippen LogP contribution in [0.3, 0.4) is 0 Å². The predicted molar refractivity (Wildman–Crippen MR) is 118 cm³/mol.